The smallest absolute Gasteiger partial charge is 0.338 e. The quantitative estimate of drug-likeness (QED) is 0.694. The molecule has 30 heavy (non-hydrogen) atoms. The minimum Gasteiger partial charge on any atom is -0.491 e. The maximum absolute atomic E-state index is 12.4. The summed E-state index contributed by atoms with van der Waals surface area (Å²) in [6.45, 7) is 1.10. The summed E-state index contributed by atoms with van der Waals surface area (Å²) < 4.78 is 16.5. The zero-order valence-corrected chi connectivity index (χ0v) is 17.4. The topological polar surface area (TPSA) is 73.9 Å². The van der Waals surface area contributed by atoms with E-state index in [0.717, 1.165) is 31.3 Å². The zero-order valence-electron chi connectivity index (χ0n) is 17.4. The summed E-state index contributed by atoms with van der Waals surface area (Å²) in [6, 6.07) is 7.11. The highest BCUT2D eigenvalue weighted by Crippen LogP contribution is 2.53. The molecule has 4 bridgehead atoms. The third-order valence-corrected chi connectivity index (χ3v) is 7.44. The van der Waals surface area contributed by atoms with Crippen LogP contribution in [0, 0.1) is 23.7 Å². The molecule has 6 nitrogen and oxygen atoms in total. The van der Waals surface area contributed by atoms with Crippen LogP contribution in [0.5, 0.6) is 5.75 Å². The first-order chi connectivity index (χ1) is 14.6. The van der Waals surface area contributed by atoms with Gasteiger partial charge in [0.05, 0.1) is 11.7 Å². The van der Waals surface area contributed by atoms with Crippen molar-refractivity contribution in [2.24, 2.45) is 23.7 Å². The summed E-state index contributed by atoms with van der Waals surface area (Å²) in [5.74, 6) is 3.00. The van der Waals surface area contributed by atoms with Crippen LogP contribution in [-0.2, 0) is 14.3 Å². The lowest BCUT2D eigenvalue weighted by Crippen LogP contribution is -2.56. The highest BCUT2D eigenvalue weighted by molar-refractivity contribution is 5.91. The summed E-state index contributed by atoms with van der Waals surface area (Å²) >= 11 is 0. The molecule has 0 radical (unpaired) electrons. The van der Waals surface area contributed by atoms with Gasteiger partial charge in [0.2, 0.25) is 0 Å². The molecule has 0 unspecified atom stereocenters. The maximum Gasteiger partial charge on any atom is 0.338 e. The Bertz CT molecular complexity index is 742. The number of amides is 1. The fourth-order valence-corrected chi connectivity index (χ4v) is 6.26. The van der Waals surface area contributed by atoms with E-state index in [1.165, 1.54) is 32.1 Å². The monoisotopic (exact) mass is 413 g/mol. The van der Waals surface area contributed by atoms with Gasteiger partial charge in [0.25, 0.3) is 5.91 Å². The number of carbonyl (C=O) groups is 2. The average molecular weight is 414 g/mol. The van der Waals surface area contributed by atoms with Crippen LogP contribution >= 0.6 is 0 Å². The van der Waals surface area contributed by atoms with E-state index in [9.17, 15) is 9.59 Å². The Hall–Kier alpha value is -2.08. The summed E-state index contributed by atoms with van der Waals surface area (Å²) in [5.41, 5.74) is 0.418. The van der Waals surface area contributed by atoms with Gasteiger partial charge in [-0.15, -0.1) is 0 Å². The van der Waals surface area contributed by atoms with Crippen LogP contribution in [0.4, 0.5) is 0 Å². The number of hydrogen-bond donors (Lipinski definition) is 1. The number of nitrogens with one attached hydrogen (secondary N) is 1. The molecule has 0 aromatic heterocycles. The summed E-state index contributed by atoms with van der Waals surface area (Å²) in [7, 11) is 0. The summed E-state index contributed by atoms with van der Waals surface area (Å²) in [6.07, 6.45) is 8.65. The lowest BCUT2D eigenvalue weighted by molar-refractivity contribution is -0.128. The van der Waals surface area contributed by atoms with E-state index >= 15 is 0 Å². The van der Waals surface area contributed by atoms with E-state index in [1.807, 2.05) is 0 Å². The second-order valence-corrected chi connectivity index (χ2v) is 9.57. The Morgan fingerprint density at radius 2 is 1.70 bits per heavy atom. The Labute approximate surface area is 177 Å². The molecule has 1 amide bonds. The normalized spacial score (nSPS) is 34.0. The largest absolute Gasteiger partial charge is 0.491 e. The van der Waals surface area contributed by atoms with Gasteiger partial charge < -0.3 is 19.5 Å². The highest BCUT2D eigenvalue weighted by atomic mass is 16.5. The van der Waals surface area contributed by atoms with E-state index < -0.39 is 5.97 Å². The average Bonchev–Trinajstić information content (AvgIpc) is 3.27. The minimum atomic E-state index is -0.485. The zero-order chi connectivity index (χ0) is 20.5. The van der Waals surface area contributed by atoms with E-state index in [4.69, 9.17) is 14.2 Å². The van der Waals surface area contributed by atoms with Crippen LogP contribution in [-0.4, -0.2) is 43.8 Å². The predicted molar refractivity (Wildman–Crippen MR) is 110 cm³/mol. The molecule has 1 aromatic carbocycles. The van der Waals surface area contributed by atoms with Crippen LogP contribution in [0.1, 0.15) is 55.3 Å². The fraction of sp³-hybridized carbons (Fsp3) is 0.667. The van der Waals surface area contributed by atoms with Crippen LogP contribution in [0.25, 0.3) is 0 Å². The van der Waals surface area contributed by atoms with Gasteiger partial charge in [-0.05, 0) is 92.9 Å². The number of carbonyl (C=O) groups excluding carboxylic acids is 2. The van der Waals surface area contributed by atoms with Gasteiger partial charge >= 0.3 is 5.97 Å². The molecule has 0 spiro atoms. The van der Waals surface area contributed by atoms with Crippen molar-refractivity contribution in [2.75, 3.05) is 19.8 Å². The SMILES string of the molecule is O=C(COC(=O)c1ccc(OC[C@H]2CCCO2)cc1)NC1C2CC3CC(C2)CC1C3. The minimum absolute atomic E-state index is 0.155. The Kier molecular flexibility index (Phi) is 5.68. The molecule has 162 valence electrons. The van der Waals surface area contributed by atoms with Crippen LogP contribution in [0.2, 0.25) is 0 Å². The molecule has 6 heteroatoms. The molecule has 1 heterocycles. The number of hydrogen-bond acceptors (Lipinski definition) is 5. The molecule has 1 aromatic rings. The van der Waals surface area contributed by atoms with Crippen molar-refractivity contribution in [3.63, 3.8) is 0 Å². The van der Waals surface area contributed by atoms with Crippen molar-refractivity contribution in [1.29, 1.82) is 0 Å². The van der Waals surface area contributed by atoms with Crippen LogP contribution in [0.15, 0.2) is 24.3 Å². The lowest BCUT2D eigenvalue weighted by atomic mass is 9.54. The van der Waals surface area contributed by atoms with Crippen LogP contribution < -0.4 is 10.1 Å². The van der Waals surface area contributed by atoms with Gasteiger partial charge in [-0.3, -0.25) is 4.79 Å². The highest BCUT2D eigenvalue weighted by Gasteiger charge is 2.48. The molecule has 1 atom stereocenters. The third-order valence-electron chi connectivity index (χ3n) is 7.44. The number of ether oxygens (including phenoxy) is 3. The first-order valence-electron chi connectivity index (χ1n) is 11.4. The van der Waals surface area contributed by atoms with E-state index in [0.29, 0.717) is 29.8 Å². The number of benzene rings is 1. The van der Waals surface area contributed by atoms with Crippen molar-refractivity contribution in [3.05, 3.63) is 29.8 Å². The maximum atomic E-state index is 12.4. The lowest BCUT2D eigenvalue weighted by Gasteiger charge is -2.54. The van der Waals surface area contributed by atoms with Crippen LogP contribution in [0.3, 0.4) is 0 Å². The second kappa shape index (κ2) is 8.58. The van der Waals surface area contributed by atoms with Crippen molar-refractivity contribution in [2.45, 2.75) is 57.1 Å². The molecule has 4 aliphatic carbocycles. The predicted octanol–water partition coefficient (Wildman–Crippen LogP) is 3.34. The van der Waals surface area contributed by atoms with E-state index in [2.05, 4.69) is 5.32 Å². The molecule has 6 rings (SSSR count). The van der Waals surface area contributed by atoms with Gasteiger partial charge in [0, 0.05) is 12.6 Å². The number of esters is 1. The van der Waals surface area contributed by atoms with Gasteiger partial charge in [-0.2, -0.15) is 0 Å². The molecule has 1 aliphatic heterocycles. The second-order valence-electron chi connectivity index (χ2n) is 9.57. The first-order valence-corrected chi connectivity index (χ1v) is 11.4. The van der Waals surface area contributed by atoms with Crippen molar-refractivity contribution < 1.29 is 23.8 Å². The first kappa shape index (κ1) is 19.9. The van der Waals surface area contributed by atoms with Crippen molar-refractivity contribution >= 4 is 11.9 Å². The molecule has 1 N–H and O–H groups in total. The third kappa shape index (κ3) is 4.34. The standard InChI is InChI=1S/C24H31NO5/c26-22(25-23-18-9-15-8-16(11-18)12-19(23)10-15)14-30-24(27)17-3-5-20(6-4-17)29-13-21-2-1-7-28-21/h3-6,15-16,18-19,21,23H,1-2,7-14H2,(H,25,26)/t15?,16?,18?,19?,21-,23?/m1/s1. The molecule has 4 saturated carbocycles. The van der Waals surface area contributed by atoms with Crippen molar-refractivity contribution in [1.82, 2.24) is 5.32 Å². The molecular weight excluding hydrogens is 382 g/mol. The van der Waals surface area contributed by atoms with Gasteiger partial charge in [0.1, 0.15) is 12.4 Å². The number of rotatable bonds is 7. The molecule has 5 aliphatic rings. The Morgan fingerprint density at radius 1 is 1.00 bits per heavy atom. The van der Waals surface area contributed by atoms with Gasteiger partial charge in [-0.1, -0.05) is 0 Å². The van der Waals surface area contributed by atoms with E-state index in [1.54, 1.807) is 24.3 Å². The van der Waals surface area contributed by atoms with Gasteiger partial charge in [0.15, 0.2) is 6.61 Å². The molecule has 5 fully saturated rings. The summed E-state index contributed by atoms with van der Waals surface area (Å²) in [4.78, 5) is 24.7. The Balaban J connectivity index is 1.07. The molecular formula is C24H31NO5. The fourth-order valence-electron chi connectivity index (χ4n) is 6.26. The Morgan fingerprint density at radius 3 is 2.33 bits per heavy atom. The van der Waals surface area contributed by atoms with Gasteiger partial charge in [-0.25, -0.2) is 4.79 Å². The van der Waals surface area contributed by atoms with Crippen molar-refractivity contribution in [3.8, 4) is 5.75 Å². The van der Waals surface area contributed by atoms with E-state index in [-0.39, 0.29) is 24.7 Å². The summed E-state index contributed by atoms with van der Waals surface area (Å²) in [5, 5.41) is 3.17. The molecule has 1 saturated heterocycles.